The fourth-order valence-electron chi connectivity index (χ4n) is 0.968. The number of fused-ring (bicyclic) bond motifs is 1. The molecule has 2 N–H and O–H groups in total. The first-order valence-corrected chi connectivity index (χ1v) is 3.44. The van der Waals surface area contributed by atoms with Gasteiger partial charge in [-0.1, -0.05) is 0 Å². The van der Waals surface area contributed by atoms with Gasteiger partial charge in [0.25, 0.3) is 0 Å². The first-order valence-electron chi connectivity index (χ1n) is 3.44. The Balaban J connectivity index is 2.60. The minimum absolute atomic E-state index is 0.209. The van der Waals surface area contributed by atoms with E-state index in [0.29, 0.717) is 5.65 Å². The summed E-state index contributed by atoms with van der Waals surface area (Å²) in [5, 5.41) is 21.4. The maximum Gasteiger partial charge on any atom is 0.197 e. The molecule has 62 valence electrons. The maximum atomic E-state index is 8.78. The smallest absolute Gasteiger partial charge is 0.197 e. The molecule has 0 bridgehead atoms. The van der Waals surface area contributed by atoms with Crippen LogP contribution < -0.4 is 0 Å². The average Bonchev–Trinajstić information content (AvgIpc) is 2.49. The van der Waals surface area contributed by atoms with E-state index in [9.17, 15) is 0 Å². The Labute approximate surface area is 67.9 Å². The highest BCUT2D eigenvalue weighted by Crippen LogP contribution is 2.06. The fourth-order valence-corrected chi connectivity index (χ4v) is 0.968. The topological polar surface area (TPSA) is 70.7 Å². The number of aliphatic hydroxyl groups is 2. The van der Waals surface area contributed by atoms with E-state index in [2.05, 4.69) is 10.1 Å². The van der Waals surface area contributed by atoms with Crippen LogP contribution in [0.4, 0.5) is 0 Å². The lowest BCUT2D eigenvalue weighted by Crippen LogP contribution is -2.02. The van der Waals surface area contributed by atoms with Gasteiger partial charge in [-0.2, -0.15) is 5.10 Å². The predicted molar refractivity (Wildman–Crippen MR) is 40.2 cm³/mol. The van der Waals surface area contributed by atoms with Gasteiger partial charge in [0.05, 0.1) is 0 Å². The summed E-state index contributed by atoms with van der Waals surface area (Å²) in [5.41, 5.74) is 0.889. The second-order valence-corrected chi connectivity index (χ2v) is 2.36. The quantitative estimate of drug-likeness (QED) is 0.570. The van der Waals surface area contributed by atoms with Crippen molar-refractivity contribution in [1.82, 2.24) is 14.6 Å². The van der Waals surface area contributed by atoms with Gasteiger partial charge in [0.1, 0.15) is 5.69 Å². The number of aromatic nitrogens is 3. The summed E-state index contributed by atoms with van der Waals surface area (Å²) in [6.07, 6.45) is 1.70. The van der Waals surface area contributed by atoms with E-state index in [1.165, 1.54) is 10.6 Å². The van der Waals surface area contributed by atoms with Crippen molar-refractivity contribution in [2.24, 2.45) is 0 Å². The van der Waals surface area contributed by atoms with Crippen molar-refractivity contribution >= 4 is 5.65 Å². The molecule has 0 atom stereocenters. The molecule has 0 aromatic carbocycles. The predicted octanol–water partition coefficient (Wildman–Crippen LogP) is -0.288. The summed E-state index contributed by atoms with van der Waals surface area (Å²) in [6.45, 7) is 0. The van der Waals surface area contributed by atoms with E-state index in [1.807, 2.05) is 0 Å². The minimum atomic E-state index is -1.53. The first-order chi connectivity index (χ1) is 5.77. The minimum Gasteiger partial charge on any atom is -0.363 e. The van der Waals surface area contributed by atoms with Crippen LogP contribution in [0.15, 0.2) is 24.5 Å². The molecule has 0 aliphatic heterocycles. The molecule has 0 unspecified atom stereocenters. The molecule has 0 amide bonds. The second kappa shape index (κ2) is 2.54. The van der Waals surface area contributed by atoms with Crippen LogP contribution in [0.1, 0.15) is 12.0 Å². The van der Waals surface area contributed by atoms with Crippen LogP contribution in [-0.2, 0) is 0 Å². The molecular weight excluding hydrogens is 158 g/mol. The number of imidazole rings is 1. The first kappa shape index (κ1) is 7.20. The summed E-state index contributed by atoms with van der Waals surface area (Å²) in [7, 11) is 0. The Kier molecular flexibility index (Phi) is 1.53. The van der Waals surface area contributed by atoms with Crippen molar-refractivity contribution in [3.8, 4) is 0 Å². The number of rotatable bonds is 1. The van der Waals surface area contributed by atoms with Crippen molar-refractivity contribution in [3.63, 3.8) is 0 Å². The highest BCUT2D eigenvalue weighted by molar-refractivity contribution is 5.36. The van der Waals surface area contributed by atoms with E-state index < -0.39 is 6.29 Å². The molecule has 0 aliphatic rings. The van der Waals surface area contributed by atoms with Crippen LogP contribution in [0.5, 0.6) is 0 Å². The average molecular weight is 165 g/mol. The molecule has 2 heterocycles. The van der Waals surface area contributed by atoms with Gasteiger partial charge < -0.3 is 10.2 Å². The summed E-state index contributed by atoms with van der Waals surface area (Å²) in [6, 6.07) is 3.19. The molecule has 0 fully saturated rings. The molecule has 5 heteroatoms. The SMILES string of the molecule is OC(O)c1ccc2nccn2n1. The Bertz CT molecular complexity index is 396. The van der Waals surface area contributed by atoms with E-state index >= 15 is 0 Å². The molecule has 0 saturated carbocycles. The molecule has 12 heavy (non-hydrogen) atoms. The van der Waals surface area contributed by atoms with Crippen LogP contribution in [0.3, 0.4) is 0 Å². The monoisotopic (exact) mass is 165 g/mol. The lowest BCUT2D eigenvalue weighted by Gasteiger charge is -2.01. The largest absolute Gasteiger partial charge is 0.363 e. The summed E-state index contributed by atoms with van der Waals surface area (Å²) >= 11 is 0. The van der Waals surface area contributed by atoms with Crippen LogP contribution in [0, 0.1) is 0 Å². The summed E-state index contributed by atoms with van der Waals surface area (Å²) in [4.78, 5) is 3.96. The standard InChI is InChI=1S/C7H7N3O2/c11-7(12)5-1-2-6-8-3-4-10(6)9-5/h1-4,7,11-12H. The van der Waals surface area contributed by atoms with Gasteiger partial charge in [0.2, 0.25) is 0 Å². The van der Waals surface area contributed by atoms with Gasteiger partial charge in [-0.05, 0) is 12.1 Å². The molecule has 5 nitrogen and oxygen atoms in total. The van der Waals surface area contributed by atoms with Gasteiger partial charge in [-0.3, -0.25) is 0 Å². The normalized spacial score (nSPS) is 11.2. The fraction of sp³-hybridized carbons (Fsp3) is 0.143. The molecule has 0 spiro atoms. The van der Waals surface area contributed by atoms with Crippen LogP contribution in [-0.4, -0.2) is 24.8 Å². The Hall–Kier alpha value is -1.46. The number of hydrogen-bond donors (Lipinski definition) is 2. The number of hydrogen-bond acceptors (Lipinski definition) is 4. The van der Waals surface area contributed by atoms with E-state index in [1.54, 1.807) is 18.5 Å². The van der Waals surface area contributed by atoms with Crippen molar-refractivity contribution in [2.45, 2.75) is 6.29 Å². The zero-order valence-corrected chi connectivity index (χ0v) is 6.12. The Morgan fingerprint density at radius 3 is 2.92 bits per heavy atom. The molecular formula is C7H7N3O2. The van der Waals surface area contributed by atoms with Crippen molar-refractivity contribution < 1.29 is 10.2 Å². The van der Waals surface area contributed by atoms with Gasteiger partial charge in [-0.15, -0.1) is 0 Å². The highest BCUT2D eigenvalue weighted by Gasteiger charge is 2.04. The molecule has 2 rings (SSSR count). The second-order valence-electron chi connectivity index (χ2n) is 2.36. The lowest BCUT2D eigenvalue weighted by molar-refractivity contribution is -0.0465. The van der Waals surface area contributed by atoms with E-state index in [4.69, 9.17) is 10.2 Å². The summed E-state index contributed by atoms with van der Waals surface area (Å²) < 4.78 is 1.48. The number of nitrogens with zero attached hydrogens (tertiary/aromatic N) is 3. The third-order valence-corrected chi connectivity index (χ3v) is 1.54. The molecule has 2 aromatic rings. The number of aliphatic hydroxyl groups excluding tert-OH is 1. The third-order valence-electron chi connectivity index (χ3n) is 1.54. The van der Waals surface area contributed by atoms with E-state index in [0.717, 1.165) is 0 Å². The van der Waals surface area contributed by atoms with Crippen LogP contribution >= 0.6 is 0 Å². The molecule has 0 radical (unpaired) electrons. The molecule has 0 saturated heterocycles. The molecule has 0 aliphatic carbocycles. The van der Waals surface area contributed by atoms with Crippen molar-refractivity contribution in [1.29, 1.82) is 0 Å². The maximum absolute atomic E-state index is 8.78. The van der Waals surface area contributed by atoms with Gasteiger partial charge in [-0.25, -0.2) is 9.50 Å². The van der Waals surface area contributed by atoms with Gasteiger partial charge in [0, 0.05) is 12.4 Å². The lowest BCUT2D eigenvalue weighted by atomic mass is 10.4. The third kappa shape index (κ3) is 1.05. The van der Waals surface area contributed by atoms with Gasteiger partial charge in [0.15, 0.2) is 11.9 Å². The van der Waals surface area contributed by atoms with E-state index in [-0.39, 0.29) is 5.69 Å². The van der Waals surface area contributed by atoms with Gasteiger partial charge >= 0.3 is 0 Å². The zero-order chi connectivity index (χ0) is 8.55. The zero-order valence-electron chi connectivity index (χ0n) is 6.12. The van der Waals surface area contributed by atoms with Crippen LogP contribution in [0.25, 0.3) is 5.65 Å². The summed E-state index contributed by atoms with van der Waals surface area (Å²) in [5.74, 6) is 0. The highest BCUT2D eigenvalue weighted by atomic mass is 16.5. The van der Waals surface area contributed by atoms with Crippen molar-refractivity contribution in [3.05, 3.63) is 30.2 Å². The molecule has 2 aromatic heterocycles. The van der Waals surface area contributed by atoms with Crippen molar-refractivity contribution in [2.75, 3.05) is 0 Å². The Morgan fingerprint density at radius 1 is 1.33 bits per heavy atom. The van der Waals surface area contributed by atoms with Crippen LogP contribution in [0.2, 0.25) is 0 Å². The Morgan fingerprint density at radius 2 is 2.17 bits per heavy atom.